The van der Waals surface area contributed by atoms with Crippen molar-refractivity contribution >= 4 is 23.5 Å². The van der Waals surface area contributed by atoms with Gasteiger partial charge in [0.15, 0.2) is 6.61 Å². The monoisotopic (exact) mass is 371 g/mol. The quantitative estimate of drug-likeness (QED) is 0.752. The van der Waals surface area contributed by atoms with Crippen molar-refractivity contribution < 1.29 is 29.0 Å². The Labute approximate surface area is 157 Å². The van der Waals surface area contributed by atoms with Crippen LogP contribution in [0.15, 0.2) is 48.5 Å². The van der Waals surface area contributed by atoms with Gasteiger partial charge in [0.1, 0.15) is 17.9 Å². The van der Waals surface area contributed by atoms with Crippen LogP contribution in [0, 0.1) is 6.92 Å². The minimum Gasteiger partial charge on any atom is -0.507 e. The van der Waals surface area contributed by atoms with Gasteiger partial charge in [0, 0.05) is 5.69 Å². The van der Waals surface area contributed by atoms with E-state index in [1.807, 2.05) is 0 Å². The molecule has 0 heterocycles. The van der Waals surface area contributed by atoms with E-state index in [-0.39, 0.29) is 24.5 Å². The molecule has 2 rings (SSSR count). The lowest BCUT2D eigenvalue weighted by Gasteiger charge is -2.21. The highest BCUT2D eigenvalue weighted by Gasteiger charge is 2.22. The van der Waals surface area contributed by atoms with Gasteiger partial charge >= 0.3 is 11.9 Å². The number of rotatable bonds is 7. The molecule has 0 fully saturated rings. The number of ether oxygens (including phenoxy) is 2. The van der Waals surface area contributed by atoms with Crippen molar-refractivity contribution in [2.24, 2.45) is 0 Å². The average molecular weight is 371 g/mol. The number of esters is 2. The van der Waals surface area contributed by atoms with Crippen LogP contribution in [-0.2, 0) is 19.1 Å². The van der Waals surface area contributed by atoms with E-state index in [2.05, 4.69) is 0 Å². The highest BCUT2D eigenvalue weighted by Crippen LogP contribution is 2.19. The number of phenols is 1. The minimum absolute atomic E-state index is 0.0283. The van der Waals surface area contributed by atoms with Crippen molar-refractivity contribution in [1.29, 1.82) is 0 Å². The van der Waals surface area contributed by atoms with E-state index in [4.69, 9.17) is 9.47 Å². The third-order valence-corrected chi connectivity index (χ3v) is 3.66. The van der Waals surface area contributed by atoms with E-state index < -0.39 is 24.5 Å². The van der Waals surface area contributed by atoms with Crippen molar-refractivity contribution in [2.75, 3.05) is 24.7 Å². The summed E-state index contributed by atoms with van der Waals surface area (Å²) in [5.41, 5.74) is 1.21. The number of carbonyl (C=O) groups is 3. The number of hydrogen-bond donors (Lipinski definition) is 1. The molecular formula is C20H21NO6. The highest BCUT2D eigenvalue weighted by molar-refractivity contribution is 6.00. The van der Waals surface area contributed by atoms with E-state index in [1.165, 1.54) is 17.0 Å². The highest BCUT2D eigenvalue weighted by atomic mass is 16.5. The number of nitrogens with zero attached hydrogens (tertiary/aromatic N) is 1. The molecule has 27 heavy (non-hydrogen) atoms. The molecule has 7 heteroatoms. The van der Waals surface area contributed by atoms with Gasteiger partial charge in [-0.2, -0.15) is 0 Å². The number of carbonyl (C=O) groups excluding carboxylic acids is 3. The summed E-state index contributed by atoms with van der Waals surface area (Å²) in [7, 11) is 0. The lowest BCUT2D eigenvalue weighted by atomic mass is 10.1. The van der Waals surface area contributed by atoms with Gasteiger partial charge in [0.25, 0.3) is 5.91 Å². The van der Waals surface area contributed by atoms with Gasteiger partial charge in [-0.1, -0.05) is 29.8 Å². The molecule has 0 aromatic heterocycles. The molecule has 0 aliphatic heterocycles. The maximum absolute atomic E-state index is 12.5. The van der Waals surface area contributed by atoms with Gasteiger partial charge in [-0.05, 0) is 38.1 Å². The van der Waals surface area contributed by atoms with Gasteiger partial charge in [-0.25, -0.2) is 4.79 Å². The van der Waals surface area contributed by atoms with Crippen LogP contribution in [0.1, 0.15) is 22.8 Å². The molecule has 142 valence electrons. The summed E-state index contributed by atoms with van der Waals surface area (Å²) in [6.45, 7) is 2.74. The predicted octanol–water partition coefficient (Wildman–Crippen LogP) is 2.45. The first-order chi connectivity index (χ1) is 12.9. The van der Waals surface area contributed by atoms with Crippen LogP contribution in [-0.4, -0.2) is 42.7 Å². The Bertz CT molecular complexity index is 818. The minimum atomic E-state index is -0.825. The summed E-state index contributed by atoms with van der Waals surface area (Å²) < 4.78 is 9.92. The lowest BCUT2D eigenvalue weighted by molar-refractivity contribution is -0.142. The Balaban J connectivity index is 2.10. The summed E-state index contributed by atoms with van der Waals surface area (Å²) in [6, 6.07) is 13.0. The van der Waals surface area contributed by atoms with E-state index in [0.717, 1.165) is 5.56 Å². The zero-order chi connectivity index (χ0) is 19.8. The summed E-state index contributed by atoms with van der Waals surface area (Å²) >= 11 is 0. The van der Waals surface area contributed by atoms with E-state index >= 15 is 0 Å². The number of aromatic hydroxyl groups is 1. The Morgan fingerprint density at radius 3 is 2.41 bits per heavy atom. The second kappa shape index (κ2) is 9.38. The maximum atomic E-state index is 12.5. The smallest absolute Gasteiger partial charge is 0.342 e. The molecule has 0 aliphatic rings. The molecule has 1 amide bonds. The molecule has 2 aromatic rings. The number of benzene rings is 2. The van der Waals surface area contributed by atoms with Gasteiger partial charge < -0.3 is 14.6 Å². The summed E-state index contributed by atoms with van der Waals surface area (Å²) in [5, 5.41) is 9.78. The second-order valence-electron chi connectivity index (χ2n) is 5.72. The molecule has 0 aliphatic carbocycles. The van der Waals surface area contributed by atoms with E-state index in [9.17, 15) is 19.5 Å². The molecule has 0 unspecified atom stereocenters. The third kappa shape index (κ3) is 5.57. The largest absolute Gasteiger partial charge is 0.507 e. The van der Waals surface area contributed by atoms with Crippen molar-refractivity contribution in [3.63, 3.8) is 0 Å². The first kappa shape index (κ1) is 20.0. The molecule has 0 bridgehead atoms. The van der Waals surface area contributed by atoms with Crippen LogP contribution < -0.4 is 4.90 Å². The number of amides is 1. The SMILES string of the molecule is CCOC(=O)CN(C(=O)COC(=O)c1cc(C)ccc1O)c1ccccc1. The van der Waals surface area contributed by atoms with Gasteiger partial charge in [0.2, 0.25) is 0 Å². The van der Waals surface area contributed by atoms with Crippen molar-refractivity contribution in [2.45, 2.75) is 13.8 Å². The second-order valence-corrected chi connectivity index (χ2v) is 5.72. The topological polar surface area (TPSA) is 93.1 Å². The zero-order valence-electron chi connectivity index (χ0n) is 15.2. The zero-order valence-corrected chi connectivity index (χ0v) is 15.2. The molecule has 0 radical (unpaired) electrons. The fourth-order valence-corrected chi connectivity index (χ4v) is 2.36. The fourth-order valence-electron chi connectivity index (χ4n) is 2.36. The number of aryl methyl sites for hydroxylation is 1. The van der Waals surface area contributed by atoms with Crippen LogP contribution in [0.25, 0.3) is 0 Å². The number of anilines is 1. The van der Waals surface area contributed by atoms with Crippen LogP contribution in [0.2, 0.25) is 0 Å². The van der Waals surface area contributed by atoms with E-state index in [1.54, 1.807) is 50.2 Å². The first-order valence-corrected chi connectivity index (χ1v) is 8.40. The van der Waals surface area contributed by atoms with Crippen LogP contribution >= 0.6 is 0 Å². The van der Waals surface area contributed by atoms with Crippen LogP contribution in [0.5, 0.6) is 5.75 Å². The van der Waals surface area contributed by atoms with Gasteiger partial charge in [-0.3, -0.25) is 14.5 Å². The fraction of sp³-hybridized carbons (Fsp3) is 0.250. The number of para-hydroxylation sites is 1. The summed E-state index contributed by atoms with van der Waals surface area (Å²) in [4.78, 5) is 37.7. The van der Waals surface area contributed by atoms with Crippen LogP contribution in [0.4, 0.5) is 5.69 Å². The molecule has 7 nitrogen and oxygen atoms in total. The molecule has 0 saturated heterocycles. The Morgan fingerprint density at radius 1 is 1.04 bits per heavy atom. The van der Waals surface area contributed by atoms with Gasteiger partial charge in [-0.15, -0.1) is 0 Å². The predicted molar refractivity (Wildman–Crippen MR) is 98.6 cm³/mol. The van der Waals surface area contributed by atoms with Crippen molar-refractivity contribution in [1.82, 2.24) is 0 Å². The van der Waals surface area contributed by atoms with Crippen molar-refractivity contribution in [3.8, 4) is 5.75 Å². The lowest BCUT2D eigenvalue weighted by Crippen LogP contribution is -2.39. The Hall–Kier alpha value is -3.35. The molecule has 0 saturated carbocycles. The summed E-state index contributed by atoms with van der Waals surface area (Å²) in [5.74, 6) is -2.22. The molecule has 0 atom stereocenters. The summed E-state index contributed by atoms with van der Waals surface area (Å²) in [6.07, 6.45) is 0. The molecular weight excluding hydrogens is 350 g/mol. The normalized spacial score (nSPS) is 10.1. The van der Waals surface area contributed by atoms with Crippen LogP contribution in [0.3, 0.4) is 0 Å². The van der Waals surface area contributed by atoms with E-state index in [0.29, 0.717) is 5.69 Å². The average Bonchev–Trinajstić information content (AvgIpc) is 2.66. The number of hydrogen-bond acceptors (Lipinski definition) is 6. The Kier molecular flexibility index (Phi) is 6.93. The molecule has 1 N–H and O–H groups in total. The first-order valence-electron chi connectivity index (χ1n) is 8.40. The third-order valence-electron chi connectivity index (χ3n) is 3.66. The molecule has 0 spiro atoms. The molecule has 2 aromatic carbocycles. The maximum Gasteiger partial charge on any atom is 0.342 e. The standard InChI is InChI=1S/C20H21NO6/c1-3-26-19(24)12-21(15-7-5-4-6-8-15)18(23)13-27-20(25)16-11-14(2)9-10-17(16)22/h4-11,22H,3,12-13H2,1-2H3. The Morgan fingerprint density at radius 2 is 1.74 bits per heavy atom. The van der Waals surface area contributed by atoms with Crippen molar-refractivity contribution in [3.05, 3.63) is 59.7 Å². The van der Waals surface area contributed by atoms with Gasteiger partial charge in [0.05, 0.1) is 6.61 Å². The number of phenolic OH excluding ortho intramolecular Hbond substituents is 1.